The van der Waals surface area contributed by atoms with E-state index in [0.717, 1.165) is 21.7 Å². The Balaban J connectivity index is 1.69. The second-order valence-electron chi connectivity index (χ2n) is 7.64. The Hall–Kier alpha value is -3.72. The largest absolute Gasteiger partial charge is 0.493 e. The summed E-state index contributed by atoms with van der Waals surface area (Å²) < 4.78 is 16.4. The molecule has 1 aliphatic rings. The lowest BCUT2D eigenvalue weighted by Gasteiger charge is -2.23. The molecular formula is C25H24N2O6S. The molecule has 8 nitrogen and oxygen atoms in total. The second-order valence-corrected chi connectivity index (χ2v) is 8.89. The molecule has 0 N–H and O–H groups in total. The molecule has 0 bridgehead atoms. The van der Waals surface area contributed by atoms with E-state index in [1.54, 1.807) is 50.1 Å². The SMILES string of the molecule is COc1cc(C2CC(=O)N(Cc3ccc([N+](=O)[O-])cc3)c3ccccc3S2)cc(OC)c1OC. The monoisotopic (exact) mass is 480 g/mol. The highest BCUT2D eigenvalue weighted by molar-refractivity contribution is 7.99. The molecule has 3 aromatic carbocycles. The highest BCUT2D eigenvalue weighted by atomic mass is 32.2. The maximum Gasteiger partial charge on any atom is 0.269 e. The number of para-hydroxylation sites is 1. The number of ether oxygens (including phenoxy) is 3. The summed E-state index contributed by atoms with van der Waals surface area (Å²) in [5.74, 6) is 1.52. The zero-order valence-electron chi connectivity index (χ0n) is 19.0. The van der Waals surface area contributed by atoms with Gasteiger partial charge in [0.15, 0.2) is 11.5 Å². The highest BCUT2D eigenvalue weighted by Crippen LogP contribution is 2.49. The van der Waals surface area contributed by atoms with Gasteiger partial charge in [-0.3, -0.25) is 14.9 Å². The Bertz CT molecular complexity index is 1190. The first kappa shape index (κ1) is 23.4. The van der Waals surface area contributed by atoms with Gasteiger partial charge in [-0.2, -0.15) is 0 Å². The Kier molecular flexibility index (Phi) is 6.93. The molecule has 0 aliphatic carbocycles. The number of amides is 1. The summed E-state index contributed by atoms with van der Waals surface area (Å²) in [6.07, 6.45) is 0.255. The molecule has 0 fully saturated rings. The lowest BCUT2D eigenvalue weighted by Crippen LogP contribution is -2.30. The van der Waals surface area contributed by atoms with Crippen molar-refractivity contribution in [2.24, 2.45) is 0 Å². The number of hydrogen-bond acceptors (Lipinski definition) is 7. The Morgan fingerprint density at radius 1 is 1.00 bits per heavy atom. The van der Waals surface area contributed by atoms with Crippen LogP contribution in [0, 0.1) is 10.1 Å². The van der Waals surface area contributed by atoms with Gasteiger partial charge in [-0.05, 0) is 35.4 Å². The molecule has 1 heterocycles. The van der Waals surface area contributed by atoms with Crippen molar-refractivity contribution in [1.29, 1.82) is 0 Å². The van der Waals surface area contributed by atoms with Gasteiger partial charge in [0.05, 0.1) is 38.5 Å². The van der Waals surface area contributed by atoms with Crippen molar-refractivity contribution in [2.45, 2.75) is 23.1 Å². The van der Waals surface area contributed by atoms with E-state index in [1.165, 1.54) is 12.1 Å². The number of benzene rings is 3. The second kappa shape index (κ2) is 10.0. The molecule has 1 unspecified atom stereocenters. The van der Waals surface area contributed by atoms with E-state index in [4.69, 9.17) is 14.2 Å². The lowest BCUT2D eigenvalue weighted by atomic mass is 10.1. The average Bonchev–Trinajstić information content (AvgIpc) is 2.99. The van der Waals surface area contributed by atoms with E-state index < -0.39 is 4.92 Å². The molecule has 9 heteroatoms. The normalized spacial score (nSPS) is 15.3. The molecule has 0 radical (unpaired) electrons. The Morgan fingerprint density at radius 3 is 2.24 bits per heavy atom. The Morgan fingerprint density at radius 2 is 1.65 bits per heavy atom. The molecule has 34 heavy (non-hydrogen) atoms. The number of hydrogen-bond donors (Lipinski definition) is 0. The fourth-order valence-corrected chi connectivity index (χ4v) is 5.19. The molecule has 4 rings (SSSR count). The highest BCUT2D eigenvalue weighted by Gasteiger charge is 2.30. The molecule has 1 aliphatic heterocycles. The number of thioether (sulfide) groups is 1. The van der Waals surface area contributed by atoms with Gasteiger partial charge in [-0.25, -0.2) is 0 Å². The van der Waals surface area contributed by atoms with Gasteiger partial charge in [0, 0.05) is 28.7 Å². The number of rotatable bonds is 7. The minimum absolute atomic E-state index is 0.0179. The van der Waals surface area contributed by atoms with Crippen LogP contribution in [-0.4, -0.2) is 32.2 Å². The quantitative estimate of drug-likeness (QED) is 0.331. The molecular weight excluding hydrogens is 456 g/mol. The van der Waals surface area contributed by atoms with Crippen LogP contribution < -0.4 is 19.1 Å². The molecule has 1 amide bonds. The fourth-order valence-electron chi connectivity index (χ4n) is 3.93. The van der Waals surface area contributed by atoms with Gasteiger partial charge in [0.1, 0.15) is 0 Å². The minimum atomic E-state index is -0.436. The fraction of sp³-hybridized carbons (Fsp3) is 0.240. The predicted octanol–water partition coefficient (Wildman–Crippen LogP) is 5.39. The van der Waals surface area contributed by atoms with Gasteiger partial charge >= 0.3 is 0 Å². The summed E-state index contributed by atoms with van der Waals surface area (Å²) in [6.45, 7) is 0.316. The van der Waals surface area contributed by atoms with E-state index in [-0.39, 0.29) is 23.3 Å². The van der Waals surface area contributed by atoms with Crippen LogP contribution in [0.25, 0.3) is 0 Å². The average molecular weight is 481 g/mol. The predicted molar refractivity (Wildman–Crippen MR) is 130 cm³/mol. The van der Waals surface area contributed by atoms with Crippen molar-refractivity contribution >= 4 is 29.0 Å². The van der Waals surface area contributed by atoms with Crippen LogP contribution in [0.3, 0.4) is 0 Å². The first-order valence-electron chi connectivity index (χ1n) is 10.5. The van der Waals surface area contributed by atoms with Crippen molar-refractivity contribution in [3.8, 4) is 17.2 Å². The third kappa shape index (κ3) is 4.65. The number of carbonyl (C=O) groups is 1. The number of non-ortho nitro benzene ring substituents is 1. The number of anilines is 1. The van der Waals surface area contributed by atoms with E-state index in [9.17, 15) is 14.9 Å². The maximum atomic E-state index is 13.5. The van der Waals surface area contributed by atoms with Crippen LogP contribution in [0.15, 0.2) is 65.6 Å². The first-order valence-corrected chi connectivity index (χ1v) is 11.4. The van der Waals surface area contributed by atoms with Crippen molar-refractivity contribution in [2.75, 3.05) is 26.2 Å². The molecule has 0 saturated carbocycles. The standard InChI is InChI=1S/C25H24N2O6S/c1-31-20-12-17(13-21(32-2)25(20)33-3)23-14-24(28)26(19-6-4-5-7-22(19)34-23)15-16-8-10-18(11-9-16)27(29)30/h4-13,23H,14-15H2,1-3H3. The molecule has 0 saturated heterocycles. The number of methoxy groups -OCH3 is 3. The topological polar surface area (TPSA) is 91.1 Å². The zero-order chi connectivity index (χ0) is 24.2. The summed E-state index contributed by atoms with van der Waals surface area (Å²) in [5.41, 5.74) is 2.53. The van der Waals surface area contributed by atoms with Crippen molar-refractivity contribution in [3.05, 3.63) is 81.9 Å². The van der Waals surface area contributed by atoms with Gasteiger partial charge in [-0.1, -0.05) is 24.3 Å². The van der Waals surface area contributed by atoms with Crippen LogP contribution in [0.5, 0.6) is 17.2 Å². The summed E-state index contributed by atoms with van der Waals surface area (Å²) in [7, 11) is 4.68. The van der Waals surface area contributed by atoms with Gasteiger partial charge in [0.2, 0.25) is 11.7 Å². The van der Waals surface area contributed by atoms with Gasteiger partial charge < -0.3 is 19.1 Å². The Labute approximate surface area is 201 Å². The van der Waals surface area contributed by atoms with Crippen molar-refractivity contribution in [3.63, 3.8) is 0 Å². The third-order valence-corrected chi connectivity index (χ3v) is 6.96. The summed E-state index contributed by atoms with van der Waals surface area (Å²) in [5, 5.41) is 10.8. The van der Waals surface area contributed by atoms with E-state index in [1.807, 2.05) is 36.4 Å². The van der Waals surface area contributed by atoms with Crippen LogP contribution in [0.1, 0.15) is 22.8 Å². The molecule has 0 aromatic heterocycles. The van der Waals surface area contributed by atoms with Crippen molar-refractivity contribution in [1.82, 2.24) is 0 Å². The van der Waals surface area contributed by atoms with Crippen LogP contribution >= 0.6 is 11.8 Å². The number of fused-ring (bicyclic) bond motifs is 1. The van der Waals surface area contributed by atoms with E-state index >= 15 is 0 Å². The van der Waals surface area contributed by atoms with Gasteiger partial charge in [-0.15, -0.1) is 11.8 Å². The smallest absolute Gasteiger partial charge is 0.269 e. The molecule has 176 valence electrons. The lowest BCUT2D eigenvalue weighted by molar-refractivity contribution is -0.384. The van der Waals surface area contributed by atoms with E-state index in [0.29, 0.717) is 23.8 Å². The third-order valence-electron chi connectivity index (χ3n) is 5.63. The first-order chi connectivity index (χ1) is 16.4. The summed E-state index contributed by atoms with van der Waals surface area (Å²) in [6, 6.07) is 17.8. The maximum absolute atomic E-state index is 13.5. The molecule has 3 aromatic rings. The van der Waals surface area contributed by atoms with Gasteiger partial charge in [0.25, 0.3) is 5.69 Å². The zero-order valence-corrected chi connectivity index (χ0v) is 19.8. The summed E-state index contributed by atoms with van der Waals surface area (Å²) >= 11 is 1.60. The minimum Gasteiger partial charge on any atom is -0.493 e. The summed E-state index contributed by atoms with van der Waals surface area (Å²) in [4.78, 5) is 26.7. The van der Waals surface area contributed by atoms with E-state index in [2.05, 4.69) is 0 Å². The van der Waals surface area contributed by atoms with Crippen LogP contribution in [-0.2, 0) is 11.3 Å². The van der Waals surface area contributed by atoms with Crippen molar-refractivity contribution < 1.29 is 23.9 Å². The number of carbonyl (C=O) groups excluding carboxylic acids is 1. The number of nitrogens with zero attached hydrogens (tertiary/aromatic N) is 2. The van der Waals surface area contributed by atoms with Crippen LogP contribution in [0.4, 0.5) is 11.4 Å². The molecule has 1 atom stereocenters. The molecule has 0 spiro atoms. The number of nitro benzene ring substituents is 1. The van der Waals surface area contributed by atoms with Crippen LogP contribution in [0.2, 0.25) is 0 Å². The number of nitro groups is 1.